The van der Waals surface area contributed by atoms with Gasteiger partial charge in [-0.3, -0.25) is 0 Å². The molecule has 0 spiro atoms. The molecule has 0 bridgehead atoms. The van der Waals surface area contributed by atoms with Gasteiger partial charge in [-0.05, 0) is 0 Å². The fourth-order valence-electron chi connectivity index (χ4n) is 5.10. The van der Waals surface area contributed by atoms with E-state index < -0.39 is 14.3 Å². The summed E-state index contributed by atoms with van der Waals surface area (Å²) in [4.78, 5) is 0. The van der Waals surface area contributed by atoms with Gasteiger partial charge in [0.25, 0.3) is 0 Å². The van der Waals surface area contributed by atoms with Crippen LogP contribution < -0.4 is 13.2 Å². The topological polar surface area (TPSA) is 0 Å². The summed E-state index contributed by atoms with van der Waals surface area (Å²) in [6.07, 6.45) is 0. The summed E-state index contributed by atoms with van der Waals surface area (Å²) in [6, 6.07) is 14.3. The van der Waals surface area contributed by atoms with Crippen molar-refractivity contribution < 1.29 is 0 Å². The Kier molecular flexibility index (Phi) is 5.91. The standard InChI is InChI=1S/C27H33Ge/c1-16-10-19(4)25(20(5)11-16)28(26-21(6)12-17(2)13-22(26)7)27-23(8)14-18(3)15-24(27)9/h10-15H,1-9H3. The normalized spacial score (nSPS) is 11.4. The van der Waals surface area contributed by atoms with Crippen molar-refractivity contribution in [1.29, 1.82) is 0 Å². The van der Waals surface area contributed by atoms with E-state index in [0.717, 1.165) is 0 Å². The van der Waals surface area contributed by atoms with Crippen LogP contribution in [0.2, 0.25) is 0 Å². The molecule has 28 heavy (non-hydrogen) atoms. The zero-order valence-electron chi connectivity index (χ0n) is 19.0. The molecule has 0 amide bonds. The van der Waals surface area contributed by atoms with Crippen LogP contribution in [0.25, 0.3) is 0 Å². The van der Waals surface area contributed by atoms with Crippen molar-refractivity contribution in [2.75, 3.05) is 0 Å². The second-order valence-electron chi connectivity index (χ2n) is 8.70. The summed E-state index contributed by atoms with van der Waals surface area (Å²) in [6.45, 7) is 20.6. The van der Waals surface area contributed by atoms with Crippen molar-refractivity contribution >= 4 is 27.5 Å². The van der Waals surface area contributed by atoms with E-state index >= 15 is 0 Å². The summed E-state index contributed by atoms with van der Waals surface area (Å²) < 4.78 is 4.90. The molecule has 0 atom stereocenters. The van der Waals surface area contributed by atoms with Gasteiger partial charge in [0, 0.05) is 0 Å². The second-order valence-corrected chi connectivity index (χ2v) is 13.4. The Labute approximate surface area is 176 Å². The van der Waals surface area contributed by atoms with Crippen LogP contribution in [0.3, 0.4) is 0 Å². The van der Waals surface area contributed by atoms with E-state index in [1.54, 1.807) is 13.2 Å². The number of benzene rings is 3. The van der Waals surface area contributed by atoms with Gasteiger partial charge in [-0.15, -0.1) is 0 Å². The van der Waals surface area contributed by atoms with E-state index in [1.807, 2.05) is 0 Å². The molecule has 0 nitrogen and oxygen atoms in total. The van der Waals surface area contributed by atoms with Gasteiger partial charge in [0.05, 0.1) is 0 Å². The van der Waals surface area contributed by atoms with Crippen molar-refractivity contribution in [3.63, 3.8) is 0 Å². The summed E-state index contributed by atoms with van der Waals surface area (Å²) in [7, 11) is 0. The van der Waals surface area contributed by atoms with E-state index in [0.29, 0.717) is 0 Å². The minimum absolute atomic E-state index is 1.37. The molecule has 0 aromatic heterocycles. The predicted octanol–water partition coefficient (Wildman–Crippen LogP) is 4.98. The van der Waals surface area contributed by atoms with Crippen LogP contribution in [-0.2, 0) is 0 Å². The molecule has 1 heteroatoms. The van der Waals surface area contributed by atoms with E-state index in [2.05, 4.69) is 98.7 Å². The Balaban J connectivity index is 2.45. The SMILES string of the molecule is Cc1cc(C)[c]([Ge]([c]2c(C)cc(C)cc2C)[c]2c(C)cc(C)cc2C)c(C)c1. The zero-order chi connectivity index (χ0) is 20.7. The molecule has 3 rings (SSSR count). The van der Waals surface area contributed by atoms with E-state index in [9.17, 15) is 0 Å². The van der Waals surface area contributed by atoms with Gasteiger partial charge >= 0.3 is 176 Å². The molecule has 0 aliphatic carbocycles. The van der Waals surface area contributed by atoms with Crippen LogP contribution in [0.4, 0.5) is 0 Å². The number of hydrogen-bond donors (Lipinski definition) is 0. The molecule has 0 saturated carbocycles. The first-order valence-electron chi connectivity index (χ1n) is 10.2. The molecule has 0 aliphatic rings. The van der Waals surface area contributed by atoms with Crippen molar-refractivity contribution in [2.45, 2.75) is 62.3 Å². The first kappa shape index (κ1) is 20.9. The Morgan fingerprint density at radius 2 is 0.536 bits per heavy atom. The molecule has 0 heterocycles. The minimum atomic E-state index is -1.98. The third-order valence-corrected chi connectivity index (χ3v) is 13.9. The molecule has 0 aliphatic heterocycles. The van der Waals surface area contributed by atoms with Crippen LogP contribution in [0.5, 0.6) is 0 Å². The first-order valence-corrected chi connectivity index (χ1v) is 13.4. The van der Waals surface area contributed by atoms with Crippen LogP contribution >= 0.6 is 0 Å². The predicted molar refractivity (Wildman–Crippen MR) is 127 cm³/mol. The third-order valence-electron chi connectivity index (χ3n) is 5.78. The second kappa shape index (κ2) is 7.91. The van der Waals surface area contributed by atoms with Crippen molar-refractivity contribution in [3.05, 3.63) is 86.5 Å². The van der Waals surface area contributed by atoms with Gasteiger partial charge in [0.1, 0.15) is 0 Å². The van der Waals surface area contributed by atoms with Crippen LogP contribution in [0, 0.1) is 62.3 Å². The Bertz CT molecular complexity index is 850. The van der Waals surface area contributed by atoms with Crippen LogP contribution in [-0.4, -0.2) is 14.3 Å². The Hall–Kier alpha value is -1.80. The Morgan fingerprint density at radius 3 is 0.714 bits per heavy atom. The maximum atomic E-state index is 2.38. The monoisotopic (exact) mass is 431 g/mol. The van der Waals surface area contributed by atoms with E-state index in [-0.39, 0.29) is 0 Å². The molecule has 3 aromatic carbocycles. The molecule has 0 fully saturated rings. The first-order chi connectivity index (χ1) is 13.1. The quantitative estimate of drug-likeness (QED) is 0.515. The number of aryl methyl sites for hydroxylation is 9. The zero-order valence-corrected chi connectivity index (χ0v) is 21.1. The molecule has 0 N–H and O–H groups in total. The van der Waals surface area contributed by atoms with Crippen molar-refractivity contribution in [2.24, 2.45) is 0 Å². The van der Waals surface area contributed by atoms with Gasteiger partial charge in [0.2, 0.25) is 0 Å². The molecule has 0 unspecified atom stereocenters. The maximum absolute atomic E-state index is 2.38. The molecule has 0 saturated heterocycles. The van der Waals surface area contributed by atoms with Gasteiger partial charge in [-0.2, -0.15) is 0 Å². The molecule has 1 radical (unpaired) electrons. The van der Waals surface area contributed by atoms with Crippen molar-refractivity contribution in [3.8, 4) is 0 Å². The van der Waals surface area contributed by atoms with Gasteiger partial charge < -0.3 is 0 Å². The van der Waals surface area contributed by atoms with Gasteiger partial charge in [-0.1, -0.05) is 0 Å². The van der Waals surface area contributed by atoms with E-state index in [1.165, 1.54) is 50.1 Å². The van der Waals surface area contributed by atoms with E-state index in [4.69, 9.17) is 0 Å². The summed E-state index contributed by atoms with van der Waals surface area (Å²) in [5.74, 6) is 0. The summed E-state index contributed by atoms with van der Waals surface area (Å²) in [5.41, 5.74) is 12.9. The van der Waals surface area contributed by atoms with Crippen LogP contribution in [0.15, 0.2) is 36.4 Å². The fourth-order valence-corrected chi connectivity index (χ4v) is 12.5. The molecule has 145 valence electrons. The Morgan fingerprint density at radius 1 is 0.357 bits per heavy atom. The average molecular weight is 430 g/mol. The molecule has 3 aromatic rings. The fraction of sp³-hybridized carbons (Fsp3) is 0.333. The number of hydrogen-bond acceptors (Lipinski definition) is 0. The van der Waals surface area contributed by atoms with Crippen molar-refractivity contribution in [1.82, 2.24) is 0 Å². The third kappa shape index (κ3) is 3.85. The summed E-state index contributed by atoms with van der Waals surface area (Å²) in [5, 5.41) is 0. The molecular formula is C27H33Ge. The van der Waals surface area contributed by atoms with Crippen LogP contribution in [0.1, 0.15) is 50.1 Å². The van der Waals surface area contributed by atoms with Gasteiger partial charge in [-0.25, -0.2) is 0 Å². The number of rotatable bonds is 3. The average Bonchev–Trinajstić information content (AvgIpc) is 2.51. The molecular weight excluding hydrogens is 397 g/mol. The van der Waals surface area contributed by atoms with Gasteiger partial charge in [0.15, 0.2) is 0 Å². The summed E-state index contributed by atoms with van der Waals surface area (Å²) >= 11 is -1.98.